The second kappa shape index (κ2) is 2.62. The number of thiazole rings is 1. The van der Waals surface area contributed by atoms with Crippen LogP contribution in [0.1, 0.15) is 0 Å². The molecule has 14 heavy (non-hydrogen) atoms. The van der Waals surface area contributed by atoms with Gasteiger partial charge in [0, 0.05) is 11.6 Å². The van der Waals surface area contributed by atoms with E-state index in [1.165, 1.54) is 11.3 Å². The van der Waals surface area contributed by atoms with E-state index in [1.54, 1.807) is 6.20 Å². The third kappa shape index (κ3) is 1.03. The van der Waals surface area contributed by atoms with Gasteiger partial charge in [0.2, 0.25) is 0 Å². The molecule has 0 unspecified atom stereocenters. The van der Waals surface area contributed by atoms with E-state index in [9.17, 15) is 0 Å². The van der Waals surface area contributed by atoms with E-state index < -0.39 is 0 Å². The number of fused-ring (bicyclic) bond motifs is 2. The van der Waals surface area contributed by atoms with Gasteiger partial charge in [0.25, 0.3) is 0 Å². The second-order valence-electron chi connectivity index (χ2n) is 2.91. The normalized spacial score (nSPS) is 11.1. The summed E-state index contributed by atoms with van der Waals surface area (Å²) in [5.74, 6) is 0. The number of nitrogens with zero attached hydrogens (tertiary/aromatic N) is 3. The van der Waals surface area contributed by atoms with E-state index in [0.29, 0.717) is 5.13 Å². The molecule has 68 valence electrons. The van der Waals surface area contributed by atoms with Crippen molar-refractivity contribution in [2.45, 2.75) is 0 Å². The Morgan fingerprint density at radius 1 is 1.29 bits per heavy atom. The quantitative estimate of drug-likeness (QED) is 0.604. The molecule has 0 aromatic carbocycles. The number of pyridine rings is 2. The molecule has 3 heterocycles. The molecule has 0 aliphatic rings. The molecule has 0 aliphatic carbocycles. The number of nitrogens with two attached hydrogens (primary N) is 1. The van der Waals surface area contributed by atoms with Gasteiger partial charge in [-0.15, -0.1) is 0 Å². The molecule has 0 radical (unpaired) electrons. The third-order valence-electron chi connectivity index (χ3n) is 1.97. The fraction of sp³-hybridized carbons (Fsp3) is 0. The minimum Gasteiger partial charge on any atom is -0.375 e. The summed E-state index contributed by atoms with van der Waals surface area (Å²) >= 11 is 1.38. The van der Waals surface area contributed by atoms with Crippen molar-refractivity contribution in [1.82, 2.24) is 15.0 Å². The van der Waals surface area contributed by atoms with Crippen molar-refractivity contribution in [2.75, 3.05) is 5.73 Å². The summed E-state index contributed by atoms with van der Waals surface area (Å²) in [6.07, 6.45) is 1.73. The largest absolute Gasteiger partial charge is 0.375 e. The van der Waals surface area contributed by atoms with E-state index in [0.717, 1.165) is 21.4 Å². The van der Waals surface area contributed by atoms with Crippen LogP contribution in [0.4, 0.5) is 5.13 Å². The molecule has 5 heteroatoms. The molecular formula is C9H6N4S. The molecule has 0 spiro atoms. The summed E-state index contributed by atoms with van der Waals surface area (Å²) in [5.41, 5.74) is 7.18. The Morgan fingerprint density at radius 3 is 3.14 bits per heavy atom. The molecule has 3 rings (SSSR count). The fourth-order valence-electron chi connectivity index (χ4n) is 1.37. The maximum atomic E-state index is 5.60. The van der Waals surface area contributed by atoms with Crippen LogP contribution in [0.15, 0.2) is 24.4 Å². The van der Waals surface area contributed by atoms with Gasteiger partial charge in [-0.1, -0.05) is 11.3 Å². The fourth-order valence-corrected chi connectivity index (χ4v) is 2.06. The molecule has 0 atom stereocenters. The number of aromatic nitrogens is 3. The number of rotatable bonds is 0. The standard InChI is InChI=1S/C9H6N4S/c10-9-12-6-4-5-2-1-3-11-7(5)13-8(6)14-9/h1-4H,(H2,10,12). The number of anilines is 1. The summed E-state index contributed by atoms with van der Waals surface area (Å²) in [7, 11) is 0. The maximum absolute atomic E-state index is 5.60. The van der Waals surface area contributed by atoms with Crippen LogP contribution in [-0.4, -0.2) is 15.0 Å². The predicted octanol–water partition coefficient (Wildman–Crippen LogP) is 1.82. The van der Waals surface area contributed by atoms with Crippen molar-refractivity contribution in [1.29, 1.82) is 0 Å². The molecule has 2 N–H and O–H groups in total. The predicted molar refractivity (Wildman–Crippen MR) is 57.1 cm³/mol. The lowest BCUT2D eigenvalue weighted by Gasteiger charge is -1.93. The Balaban J connectivity index is 2.51. The average molecular weight is 202 g/mol. The van der Waals surface area contributed by atoms with E-state index in [4.69, 9.17) is 5.73 Å². The molecule has 0 saturated carbocycles. The Kier molecular flexibility index (Phi) is 1.43. The van der Waals surface area contributed by atoms with Crippen molar-refractivity contribution in [2.24, 2.45) is 0 Å². The molecule has 3 aromatic heterocycles. The highest BCUT2D eigenvalue weighted by molar-refractivity contribution is 7.21. The zero-order valence-electron chi connectivity index (χ0n) is 7.14. The van der Waals surface area contributed by atoms with Crippen LogP contribution in [0, 0.1) is 0 Å². The smallest absolute Gasteiger partial charge is 0.182 e. The van der Waals surface area contributed by atoms with Gasteiger partial charge in [-0.05, 0) is 18.2 Å². The summed E-state index contributed by atoms with van der Waals surface area (Å²) < 4.78 is 0. The van der Waals surface area contributed by atoms with Crippen LogP contribution in [-0.2, 0) is 0 Å². The zero-order chi connectivity index (χ0) is 9.54. The molecular weight excluding hydrogens is 196 g/mol. The van der Waals surface area contributed by atoms with Crippen molar-refractivity contribution < 1.29 is 0 Å². The van der Waals surface area contributed by atoms with Gasteiger partial charge >= 0.3 is 0 Å². The Hall–Kier alpha value is -1.75. The van der Waals surface area contributed by atoms with Gasteiger partial charge in [0.15, 0.2) is 10.8 Å². The van der Waals surface area contributed by atoms with E-state index >= 15 is 0 Å². The van der Waals surface area contributed by atoms with Crippen molar-refractivity contribution in [3.05, 3.63) is 24.4 Å². The minimum absolute atomic E-state index is 0.544. The van der Waals surface area contributed by atoms with Gasteiger partial charge in [-0.3, -0.25) is 0 Å². The SMILES string of the molecule is Nc1nc2cc3cccnc3nc2s1. The van der Waals surface area contributed by atoms with Gasteiger partial charge < -0.3 is 5.73 Å². The molecule has 0 bridgehead atoms. The molecule has 0 fully saturated rings. The highest BCUT2D eigenvalue weighted by Crippen LogP contribution is 2.24. The van der Waals surface area contributed by atoms with Gasteiger partial charge in [0.05, 0.1) is 0 Å². The molecule has 4 nitrogen and oxygen atoms in total. The van der Waals surface area contributed by atoms with Crippen molar-refractivity contribution >= 4 is 37.8 Å². The second-order valence-corrected chi connectivity index (χ2v) is 3.92. The lowest BCUT2D eigenvalue weighted by molar-refractivity contribution is 1.33. The third-order valence-corrected chi connectivity index (χ3v) is 2.76. The van der Waals surface area contributed by atoms with E-state index in [2.05, 4.69) is 15.0 Å². The first-order valence-electron chi connectivity index (χ1n) is 4.11. The molecule has 0 amide bonds. The summed E-state index contributed by atoms with van der Waals surface area (Å²) in [6.45, 7) is 0. The van der Waals surface area contributed by atoms with Crippen LogP contribution < -0.4 is 5.73 Å². The van der Waals surface area contributed by atoms with Gasteiger partial charge in [-0.25, -0.2) is 15.0 Å². The Bertz CT molecular complexity index is 564. The topological polar surface area (TPSA) is 64.7 Å². The van der Waals surface area contributed by atoms with Crippen LogP contribution in [0.2, 0.25) is 0 Å². The van der Waals surface area contributed by atoms with Crippen molar-refractivity contribution in [3.63, 3.8) is 0 Å². The highest BCUT2D eigenvalue weighted by atomic mass is 32.1. The number of nitrogen functional groups attached to an aromatic ring is 1. The lowest BCUT2D eigenvalue weighted by Crippen LogP contribution is -1.82. The zero-order valence-corrected chi connectivity index (χ0v) is 7.95. The summed E-state index contributed by atoms with van der Waals surface area (Å²) in [4.78, 5) is 13.5. The van der Waals surface area contributed by atoms with E-state index in [-0.39, 0.29) is 0 Å². The molecule has 0 aliphatic heterocycles. The first-order chi connectivity index (χ1) is 6.83. The summed E-state index contributed by atoms with van der Waals surface area (Å²) in [6, 6.07) is 5.80. The molecule has 3 aromatic rings. The minimum atomic E-state index is 0.544. The Labute approximate surface area is 83.4 Å². The van der Waals surface area contributed by atoms with E-state index in [1.807, 2.05) is 18.2 Å². The van der Waals surface area contributed by atoms with Crippen LogP contribution in [0.5, 0.6) is 0 Å². The van der Waals surface area contributed by atoms with Gasteiger partial charge in [0.1, 0.15) is 10.3 Å². The average Bonchev–Trinajstić information content (AvgIpc) is 2.53. The number of hydrogen-bond acceptors (Lipinski definition) is 5. The molecule has 0 saturated heterocycles. The number of hydrogen-bond donors (Lipinski definition) is 1. The van der Waals surface area contributed by atoms with Crippen molar-refractivity contribution in [3.8, 4) is 0 Å². The van der Waals surface area contributed by atoms with Crippen LogP contribution in [0.25, 0.3) is 21.4 Å². The van der Waals surface area contributed by atoms with Crippen LogP contribution >= 0.6 is 11.3 Å². The Morgan fingerprint density at radius 2 is 2.21 bits per heavy atom. The maximum Gasteiger partial charge on any atom is 0.182 e. The van der Waals surface area contributed by atoms with Gasteiger partial charge in [-0.2, -0.15) is 0 Å². The monoisotopic (exact) mass is 202 g/mol. The first-order valence-corrected chi connectivity index (χ1v) is 4.92. The van der Waals surface area contributed by atoms with Crippen LogP contribution in [0.3, 0.4) is 0 Å². The lowest BCUT2D eigenvalue weighted by atomic mass is 10.3. The summed E-state index contributed by atoms with van der Waals surface area (Å²) in [5, 5.41) is 1.54. The highest BCUT2D eigenvalue weighted by Gasteiger charge is 2.04. The first kappa shape index (κ1) is 7.64.